The van der Waals surface area contributed by atoms with Crippen LogP contribution in [-0.4, -0.2) is 47.9 Å². The SMILES string of the molecule is CN1CC[C@@]12CCCN(C(=O)c1cc(Cl)ccc1F)C2. The third kappa shape index (κ3) is 2.21. The molecule has 2 fully saturated rings. The van der Waals surface area contributed by atoms with Crippen LogP contribution in [0.15, 0.2) is 18.2 Å². The number of amides is 1. The smallest absolute Gasteiger partial charge is 0.256 e. The molecule has 20 heavy (non-hydrogen) atoms. The van der Waals surface area contributed by atoms with Crippen LogP contribution in [0.2, 0.25) is 5.02 Å². The minimum Gasteiger partial charge on any atom is -0.337 e. The van der Waals surface area contributed by atoms with E-state index in [2.05, 4.69) is 11.9 Å². The lowest BCUT2D eigenvalue weighted by Crippen LogP contribution is -2.66. The van der Waals surface area contributed by atoms with Gasteiger partial charge >= 0.3 is 0 Å². The van der Waals surface area contributed by atoms with Gasteiger partial charge in [0, 0.05) is 30.2 Å². The van der Waals surface area contributed by atoms with E-state index in [0.717, 1.165) is 25.8 Å². The van der Waals surface area contributed by atoms with Gasteiger partial charge in [0.05, 0.1) is 5.56 Å². The Kier molecular flexibility index (Phi) is 3.46. The van der Waals surface area contributed by atoms with Crippen molar-refractivity contribution in [2.75, 3.05) is 26.7 Å². The van der Waals surface area contributed by atoms with E-state index in [-0.39, 0.29) is 17.0 Å². The zero-order valence-electron chi connectivity index (χ0n) is 11.5. The molecule has 1 aromatic carbocycles. The molecule has 1 amide bonds. The fraction of sp³-hybridized carbons (Fsp3) is 0.533. The maximum Gasteiger partial charge on any atom is 0.256 e. The molecule has 2 heterocycles. The fourth-order valence-corrected chi connectivity index (χ4v) is 3.46. The predicted octanol–water partition coefficient (Wildman–Crippen LogP) is 2.79. The van der Waals surface area contributed by atoms with Crippen LogP contribution in [0.5, 0.6) is 0 Å². The fourth-order valence-electron chi connectivity index (χ4n) is 3.28. The molecule has 0 aromatic heterocycles. The Morgan fingerprint density at radius 2 is 2.15 bits per heavy atom. The first kappa shape index (κ1) is 13.8. The number of carbonyl (C=O) groups is 1. The Labute approximate surface area is 123 Å². The van der Waals surface area contributed by atoms with Gasteiger partial charge in [-0.2, -0.15) is 0 Å². The lowest BCUT2D eigenvalue weighted by Gasteiger charge is -2.55. The third-order valence-corrected chi connectivity index (χ3v) is 4.96. The molecule has 0 N–H and O–H groups in total. The maximum absolute atomic E-state index is 13.8. The first-order valence-electron chi connectivity index (χ1n) is 6.97. The number of nitrogens with zero attached hydrogens (tertiary/aromatic N) is 2. The van der Waals surface area contributed by atoms with Gasteiger partial charge in [-0.25, -0.2) is 4.39 Å². The topological polar surface area (TPSA) is 23.6 Å². The van der Waals surface area contributed by atoms with Crippen LogP contribution in [0.3, 0.4) is 0 Å². The second-order valence-electron chi connectivity index (χ2n) is 5.85. The van der Waals surface area contributed by atoms with Gasteiger partial charge in [-0.3, -0.25) is 9.69 Å². The normalized spacial score (nSPS) is 26.6. The van der Waals surface area contributed by atoms with E-state index in [0.29, 0.717) is 18.1 Å². The zero-order chi connectivity index (χ0) is 14.3. The number of rotatable bonds is 1. The second-order valence-corrected chi connectivity index (χ2v) is 6.29. The van der Waals surface area contributed by atoms with Crippen molar-refractivity contribution in [2.24, 2.45) is 0 Å². The quantitative estimate of drug-likeness (QED) is 0.795. The van der Waals surface area contributed by atoms with Gasteiger partial charge in [-0.15, -0.1) is 0 Å². The number of piperidine rings is 1. The highest BCUT2D eigenvalue weighted by atomic mass is 35.5. The van der Waals surface area contributed by atoms with Crippen LogP contribution < -0.4 is 0 Å². The Morgan fingerprint density at radius 3 is 2.80 bits per heavy atom. The first-order valence-corrected chi connectivity index (χ1v) is 7.35. The molecular weight excluding hydrogens is 279 g/mol. The van der Waals surface area contributed by atoms with Crippen LogP contribution in [0.4, 0.5) is 4.39 Å². The molecule has 0 aliphatic carbocycles. The van der Waals surface area contributed by atoms with Crippen molar-refractivity contribution in [2.45, 2.75) is 24.8 Å². The van der Waals surface area contributed by atoms with E-state index in [1.165, 1.54) is 18.2 Å². The number of hydrogen-bond donors (Lipinski definition) is 0. The van der Waals surface area contributed by atoms with Gasteiger partial charge in [0.25, 0.3) is 5.91 Å². The summed E-state index contributed by atoms with van der Waals surface area (Å²) in [6, 6.07) is 4.14. The van der Waals surface area contributed by atoms with Crippen LogP contribution in [-0.2, 0) is 0 Å². The van der Waals surface area contributed by atoms with E-state index in [4.69, 9.17) is 11.6 Å². The Balaban J connectivity index is 1.82. The molecule has 3 nitrogen and oxygen atoms in total. The average Bonchev–Trinajstić information content (AvgIpc) is 2.47. The summed E-state index contributed by atoms with van der Waals surface area (Å²) in [4.78, 5) is 16.6. The molecule has 0 bridgehead atoms. The van der Waals surface area contributed by atoms with Crippen LogP contribution in [0.25, 0.3) is 0 Å². The highest BCUT2D eigenvalue weighted by molar-refractivity contribution is 6.31. The number of carbonyl (C=O) groups excluding carboxylic acids is 1. The van der Waals surface area contributed by atoms with E-state index in [9.17, 15) is 9.18 Å². The highest BCUT2D eigenvalue weighted by Gasteiger charge is 2.46. The van der Waals surface area contributed by atoms with Gasteiger partial charge in [-0.05, 0) is 44.5 Å². The predicted molar refractivity (Wildman–Crippen MR) is 76.5 cm³/mol. The molecule has 2 aliphatic rings. The summed E-state index contributed by atoms with van der Waals surface area (Å²) in [5.41, 5.74) is 0.194. The van der Waals surface area contributed by atoms with Crippen molar-refractivity contribution in [3.8, 4) is 0 Å². The average molecular weight is 297 g/mol. The van der Waals surface area contributed by atoms with Crippen molar-refractivity contribution >= 4 is 17.5 Å². The monoisotopic (exact) mass is 296 g/mol. The van der Waals surface area contributed by atoms with Crippen LogP contribution in [0, 0.1) is 5.82 Å². The molecule has 3 rings (SSSR count). The third-order valence-electron chi connectivity index (χ3n) is 4.72. The number of benzene rings is 1. The molecule has 5 heteroatoms. The minimum atomic E-state index is -0.499. The van der Waals surface area contributed by atoms with Crippen molar-refractivity contribution in [1.82, 2.24) is 9.80 Å². The van der Waals surface area contributed by atoms with Crippen molar-refractivity contribution in [1.29, 1.82) is 0 Å². The number of halogens is 2. The second kappa shape index (κ2) is 5.01. The summed E-state index contributed by atoms with van der Waals surface area (Å²) in [5, 5.41) is 0.391. The van der Waals surface area contributed by atoms with Gasteiger partial charge < -0.3 is 4.90 Å². The number of likely N-dealkylation sites (tertiary alicyclic amines) is 2. The van der Waals surface area contributed by atoms with Crippen molar-refractivity contribution in [3.63, 3.8) is 0 Å². The number of likely N-dealkylation sites (N-methyl/N-ethyl adjacent to an activating group) is 1. The summed E-state index contributed by atoms with van der Waals surface area (Å²) in [5.74, 6) is -0.745. The zero-order valence-corrected chi connectivity index (χ0v) is 12.3. The molecule has 0 saturated carbocycles. The molecule has 2 aliphatic heterocycles. The largest absolute Gasteiger partial charge is 0.337 e. The minimum absolute atomic E-state index is 0.0801. The highest BCUT2D eigenvalue weighted by Crippen LogP contribution is 2.37. The van der Waals surface area contributed by atoms with Crippen molar-refractivity contribution < 1.29 is 9.18 Å². The molecule has 1 aromatic rings. The Bertz CT molecular complexity index is 551. The summed E-state index contributed by atoms with van der Waals surface area (Å²) >= 11 is 5.87. The summed E-state index contributed by atoms with van der Waals surface area (Å²) < 4.78 is 13.8. The molecule has 1 atom stereocenters. The van der Waals surface area contributed by atoms with Crippen molar-refractivity contribution in [3.05, 3.63) is 34.6 Å². The Morgan fingerprint density at radius 1 is 1.35 bits per heavy atom. The van der Waals surface area contributed by atoms with Gasteiger partial charge in [-0.1, -0.05) is 11.6 Å². The van der Waals surface area contributed by atoms with E-state index in [1.807, 2.05) is 0 Å². The van der Waals surface area contributed by atoms with Crippen LogP contribution >= 0.6 is 11.6 Å². The maximum atomic E-state index is 13.8. The molecule has 0 radical (unpaired) electrons. The summed E-state index contributed by atoms with van der Waals surface area (Å²) in [6.07, 6.45) is 3.20. The summed E-state index contributed by atoms with van der Waals surface area (Å²) in [6.45, 7) is 2.46. The van der Waals surface area contributed by atoms with Crippen LogP contribution in [0.1, 0.15) is 29.6 Å². The Hall–Kier alpha value is -1.13. The lowest BCUT2D eigenvalue weighted by atomic mass is 9.78. The molecule has 2 saturated heterocycles. The molecule has 108 valence electrons. The molecule has 0 unspecified atom stereocenters. The van der Waals surface area contributed by atoms with Gasteiger partial charge in [0.2, 0.25) is 0 Å². The summed E-state index contributed by atoms with van der Waals surface area (Å²) in [7, 11) is 2.09. The first-order chi connectivity index (χ1) is 9.52. The molecular formula is C15H18ClFN2O. The number of hydrogen-bond acceptors (Lipinski definition) is 2. The van der Waals surface area contributed by atoms with Gasteiger partial charge in [0.15, 0.2) is 0 Å². The molecule has 1 spiro atoms. The van der Waals surface area contributed by atoms with E-state index >= 15 is 0 Å². The van der Waals surface area contributed by atoms with Gasteiger partial charge in [0.1, 0.15) is 5.82 Å². The van der Waals surface area contributed by atoms with E-state index < -0.39 is 5.82 Å². The van der Waals surface area contributed by atoms with E-state index in [1.54, 1.807) is 4.90 Å². The standard InChI is InChI=1S/C15H18ClFN2O/c1-18-8-6-15(18)5-2-7-19(10-15)14(20)12-9-11(16)3-4-13(12)17/h3-4,9H,2,5-8,10H2,1H3/t15-/m1/s1. The lowest BCUT2D eigenvalue weighted by molar-refractivity contribution is -0.0409.